The molecule has 0 aliphatic heterocycles. The van der Waals surface area contributed by atoms with Gasteiger partial charge in [0.2, 0.25) is 5.84 Å². The minimum absolute atomic E-state index is 0.188. The lowest BCUT2D eigenvalue weighted by Crippen LogP contribution is -2.22. The SMILES string of the molecule is CC(=O)/C(=N\Nc1ccc(C)cc1)n1cncn1. The lowest BCUT2D eigenvalue weighted by molar-refractivity contribution is -0.111. The molecule has 0 bridgehead atoms. The fourth-order valence-electron chi connectivity index (χ4n) is 1.35. The zero-order chi connectivity index (χ0) is 13.0. The van der Waals surface area contributed by atoms with Crippen molar-refractivity contribution >= 4 is 17.3 Å². The van der Waals surface area contributed by atoms with Gasteiger partial charge in [-0.05, 0) is 19.1 Å². The number of nitrogens with one attached hydrogen (secondary N) is 1. The molecule has 18 heavy (non-hydrogen) atoms. The Hall–Kier alpha value is -2.50. The Morgan fingerprint density at radius 3 is 2.61 bits per heavy atom. The van der Waals surface area contributed by atoms with Crippen LogP contribution in [-0.4, -0.2) is 26.4 Å². The first-order valence-electron chi connectivity index (χ1n) is 5.43. The van der Waals surface area contributed by atoms with Crippen LogP contribution in [0.3, 0.4) is 0 Å². The zero-order valence-electron chi connectivity index (χ0n) is 10.2. The van der Waals surface area contributed by atoms with Gasteiger partial charge in [-0.15, -0.1) is 0 Å². The first kappa shape index (κ1) is 12.0. The average molecular weight is 243 g/mol. The second-order valence-corrected chi connectivity index (χ2v) is 3.81. The molecule has 0 saturated carbocycles. The monoisotopic (exact) mass is 243 g/mol. The van der Waals surface area contributed by atoms with Crippen molar-refractivity contribution in [2.75, 3.05) is 5.43 Å². The highest BCUT2D eigenvalue weighted by atomic mass is 16.1. The van der Waals surface area contributed by atoms with Gasteiger partial charge in [-0.25, -0.2) is 4.98 Å². The molecule has 0 saturated heterocycles. The molecule has 1 aromatic heterocycles. The molecule has 0 fully saturated rings. The summed E-state index contributed by atoms with van der Waals surface area (Å²) in [5, 5.41) is 7.92. The van der Waals surface area contributed by atoms with Gasteiger partial charge in [-0.2, -0.15) is 14.9 Å². The lowest BCUT2D eigenvalue weighted by atomic mass is 10.2. The molecule has 2 aromatic rings. The van der Waals surface area contributed by atoms with E-state index in [1.54, 1.807) is 0 Å². The maximum absolute atomic E-state index is 11.5. The van der Waals surface area contributed by atoms with Gasteiger partial charge >= 0.3 is 0 Å². The number of benzene rings is 1. The molecule has 6 heteroatoms. The van der Waals surface area contributed by atoms with Gasteiger partial charge in [0.05, 0.1) is 5.69 Å². The number of aromatic nitrogens is 3. The van der Waals surface area contributed by atoms with Crippen LogP contribution in [0.25, 0.3) is 0 Å². The maximum atomic E-state index is 11.5. The van der Waals surface area contributed by atoms with Crippen molar-refractivity contribution in [3.63, 3.8) is 0 Å². The Morgan fingerprint density at radius 1 is 1.33 bits per heavy atom. The maximum Gasteiger partial charge on any atom is 0.217 e. The third-order valence-electron chi connectivity index (χ3n) is 2.29. The number of carbonyl (C=O) groups excluding carboxylic acids is 1. The summed E-state index contributed by atoms with van der Waals surface area (Å²) in [5.41, 5.74) is 4.78. The number of aryl methyl sites for hydroxylation is 1. The van der Waals surface area contributed by atoms with Gasteiger partial charge in [0.25, 0.3) is 0 Å². The summed E-state index contributed by atoms with van der Waals surface area (Å²) in [5.74, 6) is -0.00631. The number of ketones is 1. The smallest absolute Gasteiger partial charge is 0.217 e. The van der Waals surface area contributed by atoms with Gasteiger partial charge in [0.15, 0.2) is 5.78 Å². The third-order valence-corrected chi connectivity index (χ3v) is 2.29. The molecule has 1 heterocycles. The van der Waals surface area contributed by atoms with E-state index in [4.69, 9.17) is 0 Å². The van der Waals surface area contributed by atoms with Crippen molar-refractivity contribution in [1.82, 2.24) is 14.8 Å². The molecule has 0 unspecified atom stereocenters. The molecule has 0 aliphatic carbocycles. The molecule has 0 amide bonds. The van der Waals surface area contributed by atoms with Crippen LogP contribution < -0.4 is 5.43 Å². The fraction of sp³-hybridized carbons (Fsp3) is 0.167. The molecule has 0 aliphatic rings. The van der Waals surface area contributed by atoms with Crippen molar-refractivity contribution < 1.29 is 4.79 Å². The Kier molecular flexibility index (Phi) is 3.47. The second kappa shape index (κ2) is 5.22. The Morgan fingerprint density at radius 2 is 2.06 bits per heavy atom. The van der Waals surface area contributed by atoms with Gasteiger partial charge in [0, 0.05) is 6.92 Å². The molecule has 0 radical (unpaired) electrons. The minimum Gasteiger partial charge on any atom is -0.291 e. The van der Waals surface area contributed by atoms with Crippen LogP contribution in [-0.2, 0) is 4.79 Å². The normalized spacial score (nSPS) is 11.3. The molecular weight excluding hydrogens is 230 g/mol. The number of rotatable bonds is 3. The highest BCUT2D eigenvalue weighted by Gasteiger charge is 2.09. The first-order chi connectivity index (χ1) is 8.66. The van der Waals surface area contributed by atoms with Gasteiger partial charge in [0.1, 0.15) is 12.7 Å². The molecule has 1 aromatic carbocycles. The highest BCUT2D eigenvalue weighted by Crippen LogP contribution is 2.08. The van der Waals surface area contributed by atoms with Crippen LogP contribution in [0, 0.1) is 6.92 Å². The van der Waals surface area contributed by atoms with Crippen LogP contribution in [0.4, 0.5) is 5.69 Å². The predicted molar refractivity (Wildman–Crippen MR) is 68.3 cm³/mol. The molecule has 0 spiro atoms. The molecule has 6 nitrogen and oxygen atoms in total. The second-order valence-electron chi connectivity index (χ2n) is 3.81. The molecular formula is C12H13N5O. The Balaban J connectivity index is 2.20. The highest BCUT2D eigenvalue weighted by molar-refractivity contribution is 6.38. The van der Waals surface area contributed by atoms with E-state index < -0.39 is 0 Å². The van der Waals surface area contributed by atoms with Crippen molar-refractivity contribution in [2.45, 2.75) is 13.8 Å². The summed E-state index contributed by atoms with van der Waals surface area (Å²) in [6.45, 7) is 3.43. The topological polar surface area (TPSA) is 72.2 Å². The number of hydrogen-bond donors (Lipinski definition) is 1. The summed E-state index contributed by atoms with van der Waals surface area (Å²) in [7, 11) is 0. The van der Waals surface area contributed by atoms with E-state index in [1.165, 1.54) is 24.3 Å². The number of carbonyl (C=O) groups is 1. The number of Topliss-reactive ketones (excluding diaryl/α,β-unsaturated/α-hetero) is 1. The number of hydrazone groups is 1. The lowest BCUT2D eigenvalue weighted by Gasteiger charge is -2.04. The van der Waals surface area contributed by atoms with E-state index in [0.717, 1.165) is 11.3 Å². The van der Waals surface area contributed by atoms with E-state index in [2.05, 4.69) is 20.6 Å². The van der Waals surface area contributed by atoms with Crippen LogP contribution in [0.5, 0.6) is 0 Å². The summed E-state index contributed by atoms with van der Waals surface area (Å²) in [4.78, 5) is 15.2. The molecule has 92 valence electrons. The van der Waals surface area contributed by atoms with Crippen LogP contribution in [0.2, 0.25) is 0 Å². The fourth-order valence-corrected chi connectivity index (χ4v) is 1.35. The van der Waals surface area contributed by atoms with Crippen molar-refractivity contribution in [1.29, 1.82) is 0 Å². The van der Waals surface area contributed by atoms with E-state index in [0.29, 0.717) is 0 Å². The Bertz CT molecular complexity index is 557. The van der Waals surface area contributed by atoms with Gasteiger partial charge in [-0.1, -0.05) is 17.7 Å². The van der Waals surface area contributed by atoms with Gasteiger partial charge in [-0.3, -0.25) is 10.2 Å². The first-order valence-corrected chi connectivity index (χ1v) is 5.43. The van der Waals surface area contributed by atoms with E-state index >= 15 is 0 Å². The van der Waals surface area contributed by atoms with Gasteiger partial charge < -0.3 is 0 Å². The van der Waals surface area contributed by atoms with Crippen molar-refractivity contribution in [2.24, 2.45) is 5.10 Å². The van der Waals surface area contributed by atoms with E-state index in [1.807, 2.05) is 31.2 Å². The van der Waals surface area contributed by atoms with E-state index in [-0.39, 0.29) is 11.6 Å². The van der Waals surface area contributed by atoms with Crippen molar-refractivity contribution in [3.8, 4) is 0 Å². The average Bonchev–Trinajstić information content (AvgIpc) is 2.85. The summed E-state index contributed by atoms with van der Waals surface area (Å²) in [6, 6.07) is 7.69. The predicted octanol–water partition coefficient (Wildman–Crippen LogP) is 1.45. The van der Waals surface area contributed by atoms with E-state index in [9.17, 15) is 4.79 Å². The zero-order valence-corrected chi connectivity index (χ0v) is 10.2. The number of hydrogen-bond acceptors (Lipinski definition) is 5. The Labute approximate surface area is 104 Å². The number of nitrogens with zero attached hydrogens (tertiary/aromatic N) is 4. The minimum atomic E-state index is -0.194. The van der Waals surface area contributed by atoms with Crippen LogP contribution in [0.15, 0.2) is 42.0 Å². The third kappa shape index (κ3) is 2.79. The standard InChI is InChI=1S/C12H13N5O/c1-9-3-5-11(6-4-9)15-16-12(10(2)18)17-8-13-7-14-17/h3-8,15H,1-2H3/b16-12+. The molecule has 1 N–H and O–H groups in total. The molecule has 0 atom stereocenters. The summed E-state index contributed by atoms with van der Waals surface area (Å²) in [6.07, 6.45) is 2.78. The largest absolute Gasteiger partial charge is 0.291 e. The summed E-state index contributed by atoms with van der Waals surface area (Å²) >= 11 is 0. The van der Waals surface area contributed by atoms with Crippen LogP contribution >= 0.6 is 0 Å². The molecule has 2 rings (SSSR count). The van der Waals surface area contributed by atoms with Crippen LogP contribution in [0.1, 0.15) is 12.5 Å². The quantitative estimate of drug-likeness (QED) is 0.503. The van der Waals surface area contributed by atoms with Crippen molar-refractivity contribution in [3.05, 3.63) is 42.5 Å². The number of anilines is 1. The summed E-state index contributed by atoms with van der Waals surface area (Å²) < 4.78 is 1.32.